The van der Waals surface area contributed by atoms with Gasteiger partial charge in [0.1, 0.15) is 0 Å². The van der Waals surface area contributed by atoms with Gasteiger partial charge in [-0.25, -0.2) is 13.1 Å². The summed E-state index contributed by atoms with van der Waals surface area (Å²) in [5.41, 5.74) is 7.17. The van der Waals surface area contributed by atoms with Gasteiger partial charge in [0.2, 0.25) is 15.9 Å². The van der Waals surface area contributed by atoms with Crippen LogP contribution in [0.2, 0.25) is 0 Å². The van der Waals surface area contributed by atoms with E-state index < -0.39 is 10.0 Å². The van der Waals surface area contributed by atoms with E-state index >= 15 is 0 Å². The van der Waals surface area contributed by atoms with E-state index in [1.54, 1.807) is 0 Å². The van der Waals surface area contributed by atoms with E-state index in [1.165, 1.54) is 12.1 Å². The van der Waals surface area contributed by atoms with E-state index in [0.29, 0.717) is 24.2 Å². The molecule has 0 radical (unpaired) electrons. The SMILES string of the molecule is CCCNS(=O)(=O)c1cc(N)c2c(c1)CC(=O)N2. The number of carbonyl (C=O) groups excluding carboxylic acids is 1. The molecule has 0 fully saturated rings. The smallest absolute Gasteiger partial charge is 0.240 e. The first-order valence-electron chi connectivity index (χ1n) is 5.66. The van der Waals surface area contributed by atoms with Crippen molar-refractivity contribution in [3.8, 4) is 0 Å². The fourth-order valence-corrected chi connectivity index (χ4v) is 3.04. The highest BCUT2D eigenvalue weighted by Gasteiger charge is 2.24. The molecule has 0 unspecified atom stereocenters. The number of fused-ring (bicyclic) bond motifs is 1. The standard InChI is InChI=1S/C11H15N3O3S/c1-2-3-13-18(16,17)8-4-7-5-10(15)14-11(7)9(12)6-8/h4,6,13H,2-3,5,12H2,1H3,(H,14,15). The lowest BCUT2D eigenvalue weighted by molar-refractivity contribution is -0.115. The van der Waals surface area contributed by atoms with Crippen LogP contribution in [-0.4, -0.2) is 20.9 Å². The van der Waals surface area contributed by atoms with Crippen molar-refractivity contribution in [2.45, 2.75) is 24.7 Å². The summed E-state index contributed by atoms with van der Waals surface area (Å²) in [6.45, 7) is 2.25. The second kappa shape index (κ2) is 4.58. The minimum absolute atomic E-state index is 0.101. The van der Waals surface area contributed by atoms with Crippen LogP contribution >= 0.6 is 0 Å². The minimum Gasteiger partial charge on any atom is -0.397 e. The summed E-state index contributed by atoms with van der Waals surface area (Å²) in [5, 5.41) is 2.61. The molecular formula is C11H15N3O3S. The van der Waals surface area contributed by atoms with Crippen molar-refractivity contribution in [3.05, 3.63) is 17.7 Å². The average Bonchev–Trinajstić information content (AvgIpc) is 2.67. The first kappa shape index (κ1) is 12.8. The quantitative estimate of drug-likeness (QED) is 0.691. The van der Waals surface area contributed by atoms with Gasteiger partial charge in [-0.3, -0.25) is 4.79 Å². The molecule has 2 rings (SSSR count). The highest BCUT2D eigenvalue weighted by molar-refractivity contribution is 7.89. The zero-order chi connectivity index (χ0) is 13.3. The highest BCUT2D eigenvalue weighted by Crippen LogP contribution is 2.32. The number of hydrogen-bond acceptors (Lipinski definition) is 4. The minimum atomic E-state index is -3.55. The van der Waals surface area contributed by atoms with Crippen LogP contribution in [0.5, 0.6) is 0 Å². The van der Waals surface area contributed by atoms with Gasteiger partial charge in [-0.05, 0) is 24.1 Å². The lowest BCUT2D eigenvalue weighted by atomic mass is 10.1. The molecule has 0 aliphatic carbocycles. The molecule has 1 aromatic carbocycles. The molecule has 0 atom stereocenters. The zero-order valence-electron chi connectivity index (χ0n) is 9.99. The number of rotatable bonds is 4. The molecule has 98 valence electrons. The van der Waals surface area contributed by atoms with E-state index in [4.69, 9.17) is 5.73 Å². The zero-order valence-corrected chi connectivity index (χ0v) is 10.8. The largest absolute Gasteiger partial charge is 0.397 e. The molecule has 4 N–H and O–H groups in total. The molecule has 1 aliphatic heterocycles. The Hall–Kier alpha value is -1.60. The number of nitrogens with two attached hydrogens (primary N) is 1. The molecule has 1 amide bonds. The highest BCUT2D eigenvalue weighted by atomic mass is 32.2. The molecule has 0 spiro atoms. The molecule has 0 saturated carbocycles. The van der Waals surface area contributed by atoms with Gasteiger partial charge in [0.15, 0.2) is 0 Å². The van der Waals surface area contributed by atoms with Crippen molar-refractivity contribution in [1.82, 2.24) is 4.72 Å². The van der Waals surface area contributed by atoms with E-state index in [2.05, 4.69) is 10.0 Å². The fraction of sp³-hybridized carbons (Fsp3) is 0.364. The second-order valence-corrected chi connectivity index (χ2v) is 5.94. The summed E-state index contributed by atoms with van der Waals surface area (Å²) in [4.78, 5) is 11.4. The van der Waals surface area contributed by atoms with Crippen LogP contribution in [0.1, 0.15) is 18.9 Å². The van der Waals surface area contributed by atoms with E-state index in [-0.39, 0.29) is 22.9 Å². The molecule has 6 nitrogen and oxygen atoms in total. The number of carbonyl (C=O) groups is 1. The number of nitrogens with one attached hydrogen (secondary N) is 2. The van der Waals surface area contributed by atoms with Gasteiger partial charge in [-0.2, -0.15) is 0 Å². The van der Waals surface area contributed by atoms with Crippen LogP contribution in [-0.2, 0) is 21.2 Å². The first-order valence-corrected chi connectivity index (χ1v) is 7.14. The van der Waals surface area contributed by atoms with Crippen molar-refractivity contribution in [2.24, 2.45) is 0 Å². The maximum Gasteiger partial charge on any atom is 0.240 e. The Bertz CT molecular complexity index is 596. The van der Waals surface area contributed by atoms with Gasteiger partial charge in [0.25, 0.3) is 0 Å². The summed E-state index contributed by atoms with van der Waals surface area (Å²) in [7, 11) is -3.55. The third-order valence-electron chi connectivity index (χ3n) is 2.69. The van der Waals surface area contributed by atoms with Gasteiger partial charge >= 0.3 is 0 Å². The predicted octanol–water partition coefficient (Wildman–Crippen LogP) is 0.452. The number of anilines is 2. The number of benzene rings is 1. The number of hydrogen-bond donors (Lipinski definition) is 3. The average molecular weight is 269 g/mol. The monoisotopic (exact) mass is 269 g/mol. The molecule has 0 bridgehead atoms. The van der Waals surface area contributed by atoms with Crippen LogP contribution in [0.4, 0.5) is 11.4 Å². The fourth-order valence-electron chi connectivity index (χ4n) is 1.82. The van der Waals surface area contributed by atoms with Crippen molar-refractivity contribution in [1.29, 1.82) is 0 Å². The molecule has 1 heterocycles. The number of nitrogen functional groups attached to an aromatic ring is 1. The normalized spacial score (nSPS) is 14.4. The van der Waals surface area contributed by atoms with Crippen LogP contribution < -0.4 is 15.8 Å². The summed E-state index contributed by atoms with van der Waals surface area (Å²) in [6.07, 6.45) is 0.871. The topological polar surface area (TPSA) is 101 Å². The summed E-state index contributed by atoms with van der Waals surface area (Å²) >= 11 is 0. The Balaban J connectivity index is 2.40. The van der Waals surface area contributed by atoms with Gasteiger partial charge < -0.3 is 11.1 Å². The third kappa shape index (κ3) is 2.32. The van der Waals surface area contributed by atoms with Crippen molar-refractivity contribution >= 4 is 27.3 Å². The third-order valence-corrected chi connectivity index (χ3v) is 4.13. The Labute approximate surface area is 106 Å². The predicted molar refractivity (Wildman–Crippen MR) is 68.7 cm³/mol. The molecule has 18 heavy (non-hydrogen) atoms. The van der Waals surface area contributed by atoms with Crippen LogP contribution in [0.3, 0.4) is 0 Å². The van der Waals surface area contributed by atoms with Crippen molar-refractivity contribution in [2.75, 3.05) is 17.6 Å². The number of amides is 1. The summed E-state index contributed by atoms with van der Waals surface area (Å²) in [6, 6.07) is 2.85. The lowest BCUT2D eigenvalue weighted by Gasteiger charge is -2.09. The van der Waals surface area contributed by atoms with Gasteiger partial charge in [-0.1, -0.05) is 6.92 Å². The molecular weight excluding hydrogens is 254 g/mol. The maximum absolute atomic E-state index is 12.0. The van der Waals surface area contributed by atoms with Crippen LogP contribution in [0.15, 0.2) is 17.0 Å². The Kier molecular flexibility index (Phi) is 3.27. The number of sulfonamides is 1. The summed E-state index contributed by atoms with van der Waals surface area (Å²) in [5.74, 6) is -0.173. The maximum atomic E-state index is 12.0. The van der Waals surface area contributed by atoms with Gasteiger partial charge in [-0.15, -0.1) is 0 Å². The molecule has 0 saturated heterocycles. The Morgan fingerprint density at radius 1 is 1.44 bits per heavy atom. The van der Waals surface area contributed by atoms with Crippen molar-refractivity contribution in [3.63, 3.8) is 0 Å². The van der Waals surface area contributed by atoms with Crippen LogP contribution in [0.25, 0.3) is 0 Å². The Morgan fingerprint density at radius 2 is 2.17 bits per heavy atom. The molecule has 1 aromatic rings. The first-order chi connectivity index (χ1) is 8.44. The molecule has 7 heteroatoms. The van der Waals surface area contributed by atoms with E-state index in [0.717, 1.165) is 0 Å². The van der Waals surface area contributed by atoms with Crippen molar-refractivity contribution < 1.29 is 13.2 Å². The lowest BCUT2D eigenvalue weighted by Crippen LogP contribution is -2.24. The van der Waals surface area contributed by atoms with Crippen LogP contribution in [0, 0.1) is 0 Å². The molecule has 0 aromatic heterocycles. The van der Waals surface area contributed by atoms with E-state index in [1.807, 2.05) is 6.92 Å². The Morgan fingerprint density at radius 3 is 2.83 bits per heavy atom. The summed E-state index contributed by atoms with van der Waals surface area (Å²) < 4.78 is 26.4. The van der Waals surface area contributed by atoms with Gasteiger partial charge in [0, 0.05) is 6.54 Å². The van der Waals surface area contributed by atoms with E-state index in [9.17, 15) is 13.2 Å². The second-order valence-electron chi connectivity index (χ2n) is 4.17. The molecule has 1 aliphatic rings. The van der Waals surface area contributed by atoms with Gasteiger partial charge in [0.05, 0.1) is 22.7 Å².